The van der Waals surface area contributed by atoms with Crippen LogP contribution in [0, 0.1) is 6.92 Å². The molecule has 0 saturated heterocycles. The van der Waals surface area contributed by atoms with Crippen molar-refractivity contribution in [3.05, 3.63) is 36.4 Å². The Morgan fingerprint density at radius 1 is 1.58 bits per heavy atom. The molecule has 0 amide bonds. The molecule has 12 heavy (non-hydrogen) atoms. The van der Waals surface area contributed by atoms with Gasteiger partial charge in [-0.25, -0.2) is 0 Å². The molecular formula is C10H13NS. The normalized spacial score (nSPS) is 9.75. The molecule has 0 heterocycles. The first-order valence-electron chi connectivity index (χ1n) is 3.84. The molecule has 1 aromatic rings. The molecule has 0 unspecified atom stereocenters. The highest BCUT2D eigenvalue weighted by Crippen LogP contribution is 2.25. The van der Waals surface area contributed by atoms with Crippen LogP contribution in [0.2, 0.25) is 0 Å². The lowest BCUT2D eigenvalue weighted by Crippen LogP contribution is -1.89. The van der Waals surface area contributed by atoms with E-state index >= 15 is 0 Å². The number of benzene rings is 1. The van der Waals surface area contributed by atoms with E-state index < -0.39 is 0 Å². The Kier molecular flexibility index (Phi) is 3.23. The van der Waals surface area contributed by atoms with Crippen molar-refractivity contribution in [2.45, 2.75) is 11.8 Å². The Morgan fingerprint density at radius 2 is 2.33 bits per heavy atom. The first kappa shape index (κ1) is 9.20. The Morgan fingerprint density at radius 3 is 2.92 bits per heavy atom. The highest BCUT2D eigenvalue weighted by molar-refractivity contribution is 7.99. The van der Waals surface area contributed by atoms with Crippen molar-refractivity contribution in [1.82, 2.24) is 0 Å². The van der Waals surface area contributed by atoms with Gasteiger partial charge in [0.05, 0.1) is 0 Å². The third-order valence-electron chi connectivity index (χ3n) is 1.52. The summed E-state index contributed by atoms with van der Waals surface area (Å²) in [5, 5.41) is 0. The molecular weight excluding hydrogens is 166 g/mol. The molecule has 0 radical (unpaired) electrons. The smallest absolute Gasteiger partial charge is 0.0454 e. The Balaban J connectivity index is 2.78. The molecule has 2 heteroatoms. The molecule has 1 rings (SSSR count). The standard InChI is InChI=1S/C10H13NS/c1-3-6-12-10-5-4-8(2)7-9(10)11/h3-5,7H,1,6,11H2,2H3. The first-order chi connectivity index (χ1) is 5.74. The maximum Gasteiger partial charge on any atom is 0.0454 e. The van der Waals surface area contributed by atoms with Gasteiger partial charge in [0, 0.05) is 16.3 Å². The number of hydrogen-bond acceptors (Lipinski definition) is 2. The predicted octanol–water partition coefficient (Wildman–Crippen LogP) is 2.86. The van der Waals surface area contributed by atoms with E-state index in [2.05, 4.69) is 18.7 Å². The predicted molar refractivity (Wildman–Crippen MR) is 56.5 cm³/mol. The van der Waals surface area contributed by atoms with Gasteiger partial charge in [-0.2, -0.15) is 0 Å². The van der Waals surface area contributed by atoms with Crippen LogP contribution in [0.3, 0.4) is 0 Å². The second-order valence-electron chi connectivity index (χ2n) is 2.64. The summed E-state index contributed by atoms with van der Waals surface area (Å²) in [5.41, 5.74) is 7.87. The van der Waals surface area contributed by atoms with E-state index in [0.717, 1.165) is 16.3 Å². The molecule has 0 aliphatic heterocycles. The quantitative estimate of drug-likeness (QED) is 0.438. The molecule has 0 bridgehead atoms. The van der Waals surface area contributed by atoms with E-state index in [9.17, 15) is 0 Å². The molecule has 0 fully saturated rings. The van der Waals surface area contributed by atoms with Gasteiger partial charge in [0.25, 0.3) is 0 Å². The summed E-state index contributed by atoms with van der Waals surface area (Å²) in [5.74, 6) is 0.910. The number of nitrogen functional groups attached to an aromatic ring is 1. The summed E-state index contributed by atoms with van der Waals surface area (Å²) in [7, 11) is 0. The number of anilines is 1. The van der Waals surface area contributed by atoms with Gasteiger partial charge in [-0.05, 0) is 24.6 Å². The summed E-state index contributed by atoms with van der Waals surface area (Å²) in [6.45, 7) is 5.70. The van der Waals surface area contributed by atoms with E-state index in [1.54, 1.807) is 11.8 Å². The van der Waals surface area contributed by atoms with E-state index in [1.807, 2.05) is 19.1 Å². The fraction of sp³-hybridized carbons (Fsp3) is 0.200. The highest BCUT2D eigenvalue weighted by Gasteiger charge is 1.97. The lowest BCUT2D eigenvalue weighted by Gasteiger charge is -2.03. The molecule has 1 nitrogen and oxygen atoms in total. The van der Waals surface area contributed by atoms with Gasteiger partial charge in [-0.3, -0.25) is 0 Å². The van der Waals surface area contributed by atoms with Crippen molar-refractivity contribution in [2.75, 3.05) is 11.5 Å². The minimum absolute atomic E-state index is 0.863. The molecule has 0 saturated carbocycles. The fourth-order valence-corrected chi connectivity index (χ4v) is 1.64. The lowest BCUT2D eigenvalue weighted by atomic mass is 10.2. The van der Waals surface area contributed by atoms with E-state index in [4.69, 9.17) is 5.73 Å². The molecule has 0 atom stereocenters. The Labute approximate surface area is 77.7 Å². The third-order valence-corrected chi connectivity index (χ3v) is 2.61. The van der Waals surface area contributed by atoms with Crippen LogP contribution in [0.4, 0.5) is 5.69 Å². The zero-order valence-corrected chi connectivity index (χ0v) is 8.03. The minimum atomic E-state index is 0.863. The van der Waals surface area contributed by atoms with Gasteiger partial charge in [-0.15, -0.1) is 18.3 Å². The van der Waals surface area contributed by atoms with Crippen LogP contribution in [-0.4, -0.2) is 5.75 Å². The largest absolute Gasteiger partial charge is 0.398 e. The Bertz CT molecular complexity index is 281. The summed E-state index contributed by atoms with van der Waals surface area (Å²) in [6, 6.07) is 6.12. The van der Waals surface area contributed by atoms with Gasteiger partial charge in [-0.1, -0.05) is 12.1 Å². The van der Waals surface area contributed by atoms with E-state index in [1.165, 1.54) is 5.56 Å². The van der Waals surface area contributed by atoms with Crippen LogP contribution < -0.4 is 5.73 Å². The molecule has 0 aliphatic carbocycles. The van der Waals surface area contributed by atoms with Crippen molar-refractivity contribution in [2.24, 2.45) is 0 Å². The van der Waals surface area contributed by atoms with E-state index in [-0.39, 0.29) is 0 Å². The second kappa shape index (κ2) is 4.21. The second-order valence-corrected chi connectivity index (χ2v) is 3.70. The molecule has 0 aromatic heterocycles. The summed E-state index contributed by atoms with van der Waals surface area (Å²) in [4.78, 5) is 1.14. The third kappa shape index (κ3) is 2.31. The van der Waals surface area contributed by atoms with Crippen molar-refractivity contribution in [1.29, 1.82) is 0 Å². The molecule has 0 aliphatic rings. The fourth-order valence-electron chi connectivity index (χ4n) is 0.948. The molecule has 64 valence electrons. The molecule has 1 aromatic carbocycles. The summed E-state index contributed by atoms with van der Waals surface area (Å²) in [6.07, 6.45) is 1.88. The topological polar surface area (TPSA) is 26.0 Å². The van der Waals surface area contributed by atoms with Gasteiger partial charge >= 0.3 is 0 Å². The van der Waals surface area contributed by atoms with Crippen LogP contribution in [0.15, 0.2) is 35.7 Å². The number of aryl methyl sites for hydroxylation is 1. The van der Waals surface area contributed by atoms with Crippen LogP contribution in [0.5, 0.6) is 0 Å². The highest BCUT2D eigenvalue weighted by atomic mass is 32.2. The maximum absolute atomic E-state index is 5.81. The van der Waals surface area contributed by atoms with Gasteiger partial charge in [0.15, 0.2) is 0 Å². The lowest BCUT2D eigenvalue weighted by molar-refractivity contribution is 1.38. The minimum Gasteiger partial charge on any atom is -0.398 e. The van der Waals surface area contributed by atoms with Crippen LogP contribution >= 0.6 is 11.8 Å². The summed E-state index contributed by atoms with van der Waals surface area (Å²) >= 11 is 1.71. The van der Waals surface area contributed by atoms with Gasteiger partial charge in [0.1, 0.15) is 0 Å². The SMILES string of the molecule is C=CCSc1ccc(C)cc1N. The maximum atomic E-state index is 5.81. The number of thioether (sulfide) groups is 1. The van der Waals surface area contributed by atoms with Gasteiger partial charge < -0.3 is 5.73 Å². The average molecular weight is 179 g/mol. The number of nitrogens with two attached hydrogens (primary N) is 1. The molecule has 2 N–H and O–H groups in total. The van der Waals surface area contributed by atoms with Crippen molar-refractivity contribution in [3.8, 4) is 0 Å². The monoisotopic (exact) mass is 179 g/mol. The van der Waals surface area contributed by atoms with Crippen molar-refractivity contribution in [3.63, 3.8) is 0 Å². The van der Waals surface area contributed by atoms with Crippen LogP contribution in [0.1, 0.15) is 5.56 Å². The van der Waals surface area contributed by atoms with E-state index in [0.29, 0.717) is 0 Å². The van der Waals surface area contributed by atoms with Crippen LogP contribution in [0.25, 0.3) is 0 Å². The first-order valence-corrected chi connectivity index (χ1v) is 4.82. The van der Waals surface area contributed by atoms with Crippen LogP contribution in [-0.2, 0) is 0 Å². The number of hydrogen-bond donors (Lipinski definition) is 1. The summed E-state index contributed by atoms with van der Waals surface area (Å²) < 4.78 is 0. The average Bonchev–Trinajstić information content (AvgIpc) is 2.03. The zero-order valence-electron chi connectivity index (χ0n) is 7.21. The number of rotatable bonds is 3. The van der Waals surface area contributed by atoms with Crippen molar-refractivity contribution >= 4 is 17.4 Å². The van der Waals surface area contributed by atoms with Gasteiger partial charge in [0.2, 0.25) is 0 Å². The molecule has 0 spiro atoms. The zero-order chi connectivity index (χ0) is 8.97. The van der Waals surface area contributed by atoms with Crippen molar-refractivity contribution < 1.29 is 0 Å². The Hall–Kier alpha value is -0.890.